The van der Waals surface area contributed by atoms with Crippen LogP contribution >= 0.6 is 11.3 Å². The van der Waals surface area contributed by atoms with Gasteiger partial charge in [0.2, 0.25) is 11.0 Å². The molecule has 2 heterocycles. The van der Waals surface area contributed by atoms with E-state index >= 15 is 0 Å². The molecule has 1 N–H and O–H groups in total. The molecule has 1 aliphatic heterocycles. The van der Waals surface area contributed by atoms with Crippen LogP contribution in [0.4, 0.5) is 5.13 Å². The van der Waals surface area contributed by atoms with Gasteiger partial charge in [-0.25, -0.2) is 0 Å². The minimum absolute atomic E-state index is 0.127. The quantitative estimate of drug-likeness (QED) is 0.749. The minimum atomic E-state index is -0.225. The zero-order chi connectivity index (χ0) is 17.9. The zero-order valence-electron chi connectivity index (χ0n) is 14.6. The molecule has 0 aliphatic carbocycles. The van der Waals surface area contributed by atoms with Crippen molar-refractivity contribution in [3.63, 3.8) is 0 Å². The van der Waals surface area contributed by atoms with E-state index in [9.17, 15) is 4.79 Å². The average Bonchev–Trinajstić information content (AvgIpc) is 3.27. The molecule has 2 aromatic carbocycles. The van der Waals surface area contributed by atoms with Crippen LogP contribution in [-0.2, 0) is 11.3 Å². The third kappa shape index (κ3) is 3.60. The van der Waals surface area contributed by atoms with Gasteiger partial charge in [0.1, 0.15) is 11.0 Å². The molecule has 132 valence electrons. The number of nitrogens with zero attached hydrogens (tertiary/aromatic N) is 3. The van der Waals surface area contributed by atoms with Gasteiger partial charge in [0, 0.05) is 18.7 Å². The summed E-state index contributed by atoms with van der Waals surface area (Å²) in [5, 5.41) is 13.2. The van der Waals surface area contributed by atoms with Crippen LogP contribution in [-0.4, -0.2) is 33.6 Å². The van der Waals surface area contributed by atoms with E-state index in [0.29, 0.717) is 11.7 Å². The van der Waals surface area contributed by atoms with E-state index in [1.165, 1.54) is 16.9 Å². The van der Waals surface area contributed by atoms with Gasteiger partial charge in [-0.1, -0.05) is 71.5 Å². The second kappa shape index (κ2) is 7.25. The van der Waals surface area contributed by atoms with E-state index in [1.807, 2.05) is 35.2 Å². The third-order valence-corrected chi connectivity index (χ3v) is 5.44. The topological polar surface area (TPSA) is 58.1 Å². The molecule has 4 rings (SSSR count). The maximum Gasteiger partial charge on any atom is 0.245 e. The van der Waals surface area contributed by atoms with E-state index in [4.69, 9.17) is 0 Å². The number of aromatic nitrogens is 2. The Hall–Kier alpha value is -2.73. The zero-order valence-corrected chi connectivity index (χ0v) is 15.4. The van der Waals surface area contributed by atoms with Gasteiger partial charge in [0.25, 0.3) is 0 Å². The fourth-order valence-electron chi connectivity index (χ4n) is 3.07. The van der Waals surface area contributed by atoms with Gasteiger partial charge in [-0.15, -0.1) is 10.2 Å². The number of nitrogens with one attached hydrogen (secondary N) is 1. The lowest BCUT2D eigenvalue weighted by molar-refractivity contribution is -0.128. The smallest absolute Gasteiger partial charge is 0.245 e. The molecule has 6 heteroatoms. The predicted molar refractivity (Wildman–Crippen MR) is 104 cm³/mol. The number of hydrogen-bond acceptors (Lipinski definition) is 5. The molecular formula is C20H20N4OS. The molecule has 1 aliphatic rings. The standard InChI is InChI=1S/C20H20N4OS/c1-14-7-9-15(10-8-14)13-24-12-11-17(19(24)25)21-20-23-22-18(26-20)16-5-3-2-4-6-16/h2-10,17H,11-13H2,1H3,(H,21,23). The first-order valence-corrected chi connectivity index (χ1v) is 9.50. The highest BCUT2D eigenvalue weighted by atomic mass is 32.1. The van der Waals surface area contributed by atoms with Crippen molar-refractivity contribution in [1.82, 2.24) is 15.1 Å². The van der Waals surface area contributed by atoms with Crippen LogP contribution in [0, 0.1) is 6.92 Å². The highest BCUT2D eigenvalue weighted by Crippen LogP contribution is 2.27. The number of carbonyl (C=O) groups excluding carboxylic acids is 1. The number of rotatable bonds is 5. The summed E-state index contributed by atoms with van der Waals surface area (Å²) in [4.78, 5) is 14.6. The summed E-state index contributed by atoms with van der Waals surface area (Å²) in [5.74, 6) is 0.127. The Morgan fingerprint density at radius 2 is 1.88 bits per heavy atom. The Morgan fingerprint density at radius 3 is 2.65 bits per heavy atom. The number of likely N-dealkylation sites (tertiary alicyclic amines) is 1. The fraction of sp³-hybridized carbons (Fsp3) is 0.250. The summed E-state index contributed by atoms with van der Waals surface area (Å²) in [5.41, 5.74) is 3.43. The molecule has 1 atom stereocenters. The number of aryl methyl sites for hydroxylation is 1. The first-order valence-electron chi connectivity index (χ1n) is 8.69. The van der Waals surface area contributed by atoms with Gasteiger partial charge in [-0.05, 0) is 18.9 Å². The van der Waals surface area contributed by atoms with E-state index in [2.05, 4.69) is 46.7 Å². The largest absolute Gasteiger partial charge is 0.348 e. The number of benzene rings is 2. The van der Waals surface area contributed by atoms with Crippen molar-refractivity contribution in [2.75, 3.05) is 11.9 Å². The van der Waals surface area contributed by atoms with Crippen LogP contribution in [0.3, 0.4) is 0 Å². The first kappa shape index (κ1) is 16.7. The maximum atomic E-state index is 12.7. The molecule has 1 saturated heterocycles. The van der Waals surface area contributed by atoms with Gasteiger partial charge in [-0.2, -0.15) is 0 Å². The first-order chi connectivity index (χ1) is 12.7. The molecule has 0 bridgehead atoms. The lowest BCUT2D eigenvalue weighted by atomic mass is 10.1. The molecule has 1 unspecified atom stereocenters. The van der Waals surface area contributed by atoms with Crippen LogP contribution in [0.25, 0.3) is 10.6 Å². The Bertz CT molecular complexity index is 892. The van der Waals surface area contributed by atoms with Crippen molar-refractivity contribution in [2.45, 2.75) is 25.9 Å². The molecule has 5 nitrogen and oxygen atoms in total. The number of anilines is 1. The van der Waals surface area contributed by atoms with E-state index < -0.39 is 0 Å². The lowest BCUT2D eigenvalue weighted by Crippen LogP contribution is -2.33. The van der Waals surface area contributed by atoms with Crippen LogP contribution < -0.4 is 5.32 Å². The summed E-state index contributed by atoms with van der Waals surface area (Å²) >= 11 is 1.48. The minimum Gasteiger partial charge on any atom is -0.348 e. The average molecular weight is 364 g/mol. The normalized spacial score (nSPS) is 16.9. The monoisotopic (exact) mass is 364 g/mol. The molecule has 1 aromatic heterocycles. The maximum absolute atomic E-state index is 12.7. The third-order valence-electron chi connectivity index (χ3n) is 4.53. The van der Waals surface area contributed by atoms with Gasteiger partial charge in [0.05, 0.1) is 0 Å². The van der Waals surface area contributed by atoms with E-state index in [1.54, 1.807) is 0 Å². The van der Waals surface area contributed by atoms with Crippen LogP contribution in [0.2, 0.25) is 0 Å². The Balaban J connectivity index is 1.39. The Kier molecular flexibility index (Phi) is 4.67. The van der Waals surface area contributed by atoms with E-state index in [-0.39, 0.29) is 11.9 Å². The molecule has 3 aromatic rings. The summed E-state index contributed by atoms with van der Waals surface area (Å²) in [6.07, 6.45) is 0.783. The number of hydrogen-bond donors (Lipinski definition) is 1. The fourth-order valence-corrected chi connectivity index (χ4v) is 3.87. The summed E-state index contributed by atoms with van der Waals surface area (Å²) in [6.45, 7) is 3.48. The second-order valence-electron chi connectivity index (χ2n) is 6.51. The Labute approximate surface area is 156 Å². The molecule has 26 heavy (non-hydrogen) atoms. The van der Waals surface area contributed by atoms with Crippen LogP contribution in [0.1, 0.15) is 17.5 Å². The molecule has 0 spiro atoms. The van der Waals surface area contributed by atoms with Crippen molar-refractivity contribution < 1.29 is 4.79 Å². The Morgan fingerprint density at radius 1 is 1.12 bits per heavy atom. The van der Waals surface area contributed by atoms with Crippen LogP contribution in [0.5, 0.6) is 0 Å². The SMILES string of the molecule is Cc1ccc(CN2CCC(Nc3nnc(-c4ccccc4)s3)C2=O)cc1. The van der Waals surface area contributed by atoms with Gasteiger partial charge < -0.3 is 10.2 Å². The highest BCUT2D eigenvalue weighted by molar-refractivity contribution is 7.18. The second-order valence-corrected chi connectivity index (χ2v) is 7.49. The van der Waals surface area contributed by atoms with Crippen molar-refractivity contribution >= 4 is 22.4 Å². The molecule has 1 amide bonds. The molecule has 0 radical (unpaired) electrons. The van der Waals surface area contributed by atoms with Crippen molar-refractivity contribution in [1.29, 1.82) is 0 Å². The lowest BCUT2D eigenvalue weighted by Gasteiger charge is -2.17. The highest BCUT2D eigenvalue weighted by Gasteiger charge is 2.32. The molecule has 0 saturated carbocycles. The van der Waals surface area contributed by atoms with E-state index in [0.717, 1.165) is 29.1 Å². The summed E-state index contributed by atoms with van der Waals surface area (Å²) in [6, 6.07) is 18.1. The molecule has 1 fully saturated rings. The predicted octanol–water partition coefficient (Wildman–Crippen LogP) is 3.73. The molecular weight excluding hydrogens is 344 g/mol. The van der Waals surface area contributed by atoms with Gasteiger partial charge >= 0.3 is 0 Å². The van der Waals surface area contributed by atoms with Crippen LogP contribution in [0.15, 0.2) is 54.6 Å². The van der Waals surface area contributed by atoms with Gasteiger partial charge in [0.15, 0.2) is 0 Å². The summed E-state index contributed by atoms with van der Waals surface area (Å²) < 4.78 is 0. The van der Waals surface area contributed by atoms with Gasteiger partial charge in [-0.3, -0.25) is 4.79 Å². The van der Waals surface area contributed by atoms with Crippen molar-refractivity contribution in [2.24, 2.45) is 0 Å². The number of amides is 1. The van der Waals surface area contributed by atoms with Crippen molar-refractivity contribution in [3.05, 3.63) is 65.7 Å². The number of carbonyl (C=O) groups is 1. The van der Waals surface area contributed by atoms with Crippen molar-refractivity contribution in [3.8, 4) is 10.6 Å². The summed E-state index contributed by atoms with van der Waals surface area (Å²) in [7, 11) is 0.